The molecule has 102 valence electrons. The highest BCUT2D eigenvalue weighted by molar-refractivity contribution is 4.86. The van der Waals surface area contributed by atoms with Crippen molar-refractivity contribution in [2.75, 3.05) is 32.8 Å². The van der Waals surface area contributed by atoms with Crippen molar-refractivity contribution in [1.29, 1.82) is 0 Å². The number of hydrogen-bond donors (Lipinski definition) is 1. The molecule has 0 spiro atoms. The van der Waals surface area contributed by atoms with E-state index in [1.807, 2.05) is 0 Å². The smallest absolute Gasteiger partial charge is 0.0645 e. The summed E-state index contributed by atoms with van der Waals surface area (Å²) in [6.07, 6.45) is 1.19. The van der Waals surface area contributed by atoms with Crippen LogP contribution in [0.15, 0.2) is 0 Å². The third-order valence-electron chi connectivity index (χ3n) is 3.53. The molecule has 0 saturated carbocycles. The number of rotatable bonds is 4. The van der Waals surface area contributed by atoms with Gasteiger partial charge in [0.15, 0.2) is 0 Å². The van der Waals surface area contributed by atoms with Crippen LogP contribution >= 0.6 is 0 Å². The second kappa shape index (κ2) is 5.68. The second-order valence-corrected chi connectivity index (χ2v) is 7.18. The summed E-state index contributed by atoms with van der Waals surface area (Å²) in [5.74, 6) is 0.590. The van der Waals surface area contributed by atoms with Crippen LogP contribution in [0.5, 0.6) is 0 Å². The first-order valence-corrected chi connectivity index (χ1v) is 6.77. The lowest BCUT2D eigenvalue weighted by Crippen LogP contribution is -2.55. The average molecular weight is 242 g/mol. The van der Waals surface area contributed by atoms with E-state index in [1.54, 1.807) is 0 Å². The topological polar surface area (TPSA) is 38.5 Å². The van der Waals surface area contributed by atoms with Crippen molar-refractivity contribution in [3.05, 3.63) is 0 Å². The van der Waals surface area contributed by atoms with E-state index in [4.69, 9.17) is 10.5 Å². The van der Waals surface area contributed by atoms with Crippen molar-refractivity contribution in [3.63, 3.8) is 0 Å². The van der Waals surface area contributed by atoms with Crippen molar-refractivity contribution in [2.45, 2.75) is 46.6 Å². The van der Waals surface area contributed by atoms with Gasteiger partial charge in [0.05, 0.1) is 13.2 Å². The molecule has 1 saturated heterocycles. The van der Waals surface area contributed by atoms with Gasteiger partial charge in [-0.25, -0.2) is 0 Å². The van der Waals surface area contributed by atoms with Crippen LogP contribution < -0.4 is 5.73 Å². The van der Waals surface area contributed by atoms with Crippen LogP contribution in [0.1, 0.15) is 41.0 Å². The number of ether oxygens (including phenoxy) is 1. The third-order valence-corrected chi connectivity index (χ3v) is 3.53. The maximum absolute atomic E-state index is 5.93. The molecule has 0 aromatic heterocycles. The van der Waals surface area contributed by atoms with E-state index in [0.29, 0.717) is 11.3 Å². The van der Waals surface area contributed by atoms with Gasteiger partial charge < -0.3 is 10.5 Å². The minimum absolute atomic E-state index is 0.156. The molecule has 3 nitrogen and oxygen atoms in total. The summed E-state index contributed by atoms with van der Waals surface area (Å²) in [7, 11) is 0. The second-order valence-electron chi connectivity index (χ2n) is 7.18. The van der Waals surface area contributed by atoms with Gasteiger partial charge in [-0.2, -0.15) is 0 Å². The van der Waals surface area contributed by atoms with Gasteiger partial charge in [0, 0.05) is 18.6 Å². The van der Waals surface area contributed by atoms with Crippen molar-refractivity contribution < 1.29 is 4.74 Å². The van der Waals surface area contributed by atoms with Crippen molar-refractivity contribution in [1.82, 2.24) is 4.90 Å². The zero-order valence-electron chi connectivity index (χ0n) is 12.3. The number of nitrogens with two attached hydrogens (primary N) is 1. The van der Waals surface area contributed by atoms with Crippen molar-refractivity contribution in [2.24, 2.45) is 17.1 Å². The Kier molecular flexibility index (Phi) is 4.99. The monoisotopic (exact) mass is 242 g/mol. The van der Waals surface area contributed by atoms with Crippen LogP contribution in [0, 0.1) is 11.3 Å². The first-order valence-electron chi connectivity index (χ1n) is 6.77. The van der Waals surface area contributed by atoms with E-state index >= 15 is 0 Å². The minimum atomic E-state index is 0.156. The van der Waals surface area contributed by atoms with E-state index < -0.39 is 0 Å². The summed E-state index contributed by atoms with van der Waals surface area (Å²) in [5, 5.41) is 0. The Morgan fingerprint density at radius 3 is 2.47 bits per heavy atom. The van der Waals surface area contributed by atoms with E-state index in [2.05, 4.69) is 39.5 Å². The molecule has 2 N–H and O–H groups in total. The van der Waals surface area contributed by atoms with Gasteiger partial charge in [-0.1, -0.05) is 20.8 Å². The first kappa shape index (κ1) is 14.9. The summed E-state index contributed by atoms with van der Waals surface area (Å²) in [6, 6.07) is 0. The van der Waals surface area contributed by atoms with Crippen LogP contribution in [0.4, 0.5) is 0 Å². The first-order chi connectivity index (χ1) is 7.74. The van der Waals surface area contributed by atoms with Crippen LogP contribution in [-0.4, -0.2) is 43.3 Å². The van der Waals surface area contributed by atoms with Crippen molar-refractivity contribution in [3.8, 4) is 0 Å². The van der Waals surface area contributed by atoms with Gasteiger partial charge in [0.25, 0.3) is 0 Å². The maximum atomic E-state index is 5.93. The number of nitrogens with zero attached hydrogens (tertiary/aromatic N) is 1. The van der Waals surface area contributed by atoms with E-state index in [-0.39, 0.29) is 5.54 Å². The SMILES string of the molecule is CC(C)(C)CC(CN)CN1CCOCC1(C)C. The number of hydrogen-bond acceptors (Lipinski definition) is 3. The van der Waals surface area contributed by atoms with E-state index in [9.17, 15) is 0 Å². The molecular formula is C14H30N2O. The minimum Gasteiger partial charge on any atom is -0.378 e. The van der Waals surface area contributed by atoms with Crippen LogP contribution in [0.3, 0.4) is 0 Å². The van der Waals surface area contributed by atoms with Crippen molar-refractivity contribution >= 4 is 0 Å². The Bertz CT molecular complexity index is 233. The third kappa shape index (κ3) is 4.94. The zero-order chi connectivity index (χ0) is 13.1. The molecule has 1 aliphatic rings. The van der Waals surface area contributed by atoms with E-state index in [1.165, 1.54) is 6.42 Å². The molecule has 0 aromatic rings. The molecule has 1 heterocycles. The average Bonchev–Trinajstić information content (AvgIpc) is 2.17. The molecule has 1 unspecified atom stereocenters. The molecule has 17 heavy (non-hydrogen) atoms. The lowest BCUT2D eigenvalue weighted by atomic mass is 9.84. The van der Waals surface area contributed by atoms with Gasteiger partial charge in [0.1, 0.15) is 0 Å². The fraction of sp³-hybridized carbons (Fsp3) is 1.00. The molecule has 1 rings (SSSR count). The van der Waals surface area contributed by atoms with Gasteiger partial charge in [-0.05, 0) is 38.1 Å². The molecule has 1 aliphatic heterocycles. The van der Waals surface area contributed by atoms with Crippen LogP contribution in [-0.2, 0) is 4.74 Å². The summed E-state index contributed by atoms with van der Waals surface area (Å²) in [4.78, 5) is 2.54. The van der Waals surface area contributed by atoms with Gasteiger partial charge in [-0.15, -0.1) is 0 Å². The van der Waals surface area contributed by atoms with Gasteiger partial charge in [-0.3, -0.25) is 4.90 Å². The molecule has 1 atom stereocenters. The Hall–Kier alpha value is -0.120. The lowest BCUT2D eigenvalue weighted by Gasteiger charge is -2.44. The Balaban J connectivity index is 2.55. The number of morpholine rings is 1. The molecule has 1 fully saturated rings. The predicted octanol–water partition coefficient (Wildman–Crippen LogP) is 2.11. The molecule has 3 heteroatoms. The fourth-order valence-electron chi connectivity index (χ4n) is 2.63. The molecule has 0 aromatic carbocycles. The van der Waals surface area contributed by atoms with E-state index in [0.717, 1.165) is 32.8 Å². The molecule has 0 amide bonds. The highest BCUT2D eigenvalue weighted by atomic mass is 16.5. The molecule has 0 radical (unpaired) electrons. The molecule has 0 bridgehead atoms. The van der Waals surface area contributed by atoms with Gasteiger partial charge in [0.2, 0.25) is 0 Å². The lowest BCUT2D eigenvalue weighted by molar-refractivity contribution is -0.0585. The summed E-state index contributed by atoms with van der Waals surface area (Å²) < 4.78 is 5.56. The maximum Gasteiger partial charge on any atom is 0.0645 e. The quantitative estimate of drug-likeness (QED) is 0.820. The largest absolute Gasteiger partial charge is 0.378 e. The standard InChI is InChI=1S/C14H30N2O/c1-13(2,3)8-12(9-15)10-16-6-7-17-11-14(16,4)5/h12H,6-11,15H2,1-5H3. The summed E-state index contributed by atoms with van der Waals surface area (Å²) in [6.45, 7) is 16.0. The normalized spacial score (nSPS) is 23.6. The Labute approximate surface area is 107 Å². The van der Waals surface area contributed by atoms with Crippen LogP contribution in [0.2, 0.25) is 0 Å². The molecular weight excluding hydrogens is 212 g/mol. The summed E-state index contributed by atoms with van der Waals surface area (Å²) >= 11 is 0. The highest BCUT2D eigenvalue weighted by Gasteiger charge is 2.32. The summed E-state index contributed by atoms with van der Waals surface area (Å²) in [5.41, 5.74) is 6.45. The highest BCUT2D eigenvalue weighted by Crippen LogP contribution is 2.27. The fourth-order valence-corrected chi connectivity index (χ4v) is 2.63. The Morgan fingerprint density at radius 2 is 2.00 bits per heavy atom. The predicted molar refractivity (Wildman–Crippen MR) is 73.1 cm³/mol. The van der Waals surface area contributed by atoms with Crippen LogP contribution in [0.25, 0.3) is 0 Å². The van der Waals surface area contributed by atoms with Gasteiger partial charge >= 0.3 is 0 Å². The zero-order valence-corrected chi connectivity index (χ0v) is 12.3. The Morgan fingerprint density at radius 1 is 1.35 bits per heavy atom. The molecule has 0 aliphatic carbocycles.